The molecular formula is C11H17BrN2O. The largest absolute Gasteiger partial charge is 0.478 e. The Kier molecular flexibility index (Phi) is 5.02. The number of ether oxygens (including phenoxy) is 1. The predicted octanol–water partition coefficient (Wildman–Crippen LogP) is 2.84. The normalized spacial score (nSPS) is 12.9. The van der Waals surface area contributed by atoms with Crippen LogP contribution in [0.2, 0.25) is 0 Å². The van der Waals surface area contributed by atoms with Gasteiger partial charge < -0.3 is 4.74 Å². The third-order valence-electron chi connectivity index (χ3n) is 2.12. The van der Waals surface area contributed by atoms with Crippen molar-refractivity contribution < 1.29 is 4.74 Å². The Balaban J connectivity index is 2.64. The molecule has 0 bridgehead atoms. The average molecular weight is 273 g/mol. The van der Waals surface area contributed by atoms with Gasteiger partial charge in [0.2, 0.25) is 5.88 Å². The molecule has 0 N–H and O–H groups in total. The fourth-order valence-corrected chi connectivity index (χ4v) is 1.48. The van der Waals surface area contributed by atoms with E-state index in [9.17, 15) is 0 Å². The Morgan fingerprint density at radius 3 is 2.73 bits per heavy atom. The summed E-state index contributed by atoms with van der Waals surface area (Å²) >= 11 is 3.64. The van der Waals surface area contributed by atoms with Crippen LogP contribution in [0.1, 0.15) is 26.5 Å². The third-order valence-corrected chi connectivity index (χ3v) is 3.50. The maximum absolute atomic E-state index is 5.32. The van der Waals surface area contributed by atoms with Gasteiger partial charge in [-0.2, -0.15) is 0 Å². The van der Waals surface area contributed by atoms with Crippen molar-refractivity contribution in [2.45, 2.75) is 32.0 Å². The zero-order valence-corrected chi connectivity index (χ0v) is 11.0. The van der Waals surface area contributed by atoms with Gasteiger partial charge in [-0.15, -0.1) is 0 Å². The predicted molar refractivity (Wildman–Crippen MR) is 64.5 cm³/mol. The van der Waals surface area contributed by atoms with Gasteiger partial charge >= 0.3 is 0 Å². The smallest absolute Gasteiger partial charge is 0.216 e. The molecule has 0 aliphatic heterocycles. The van der Waals surface area contributed by atoms with E-state index < -0.39 is 0 Å². The van der Waals surface area contributed by atoms with Gasteiger partial charge in [0, 0.05) is 23.0 Å². The maximum atomic E-state index is 5.32. The van der Waals surface area contributed by atoms with Crippen molar-refractivity contribution in [2.75, 3.05) is 6.61 Å². The van der Waals surface area contributed by atoms with Gasteiger partial charge in [0.05, 0.1) is 6.61 Å². The Bertz CT molecular complexity index is 304. The Hall–Kier alpha value is -0.640. The van der Waals surface area contributed by atoms with Gasteiger partial charge in [0.25, 0.3) is 0 Å². The SMILES string of the molecule is CCOc1cc(CC(Br)C(C)C)ncn1. The second-order valence-electron chi connectivity index (χ2n) is 3.74. The first-order valence-electron chi connectivity index (χ1n) is 5.21. The molecule has 0 aromatic carbocycles. The molecule has 0 spiro atoms. The summed E-state index contributed by atoms with van der Waals surface area (Å²) in [4.78, 5) is 8.70. The number of alkyl halides is 1. The topological polar surface area (TPSA) is 35.0 Å². The van der Waals surface area contributed by atoms with Crippen molar-refractivity contribution >= 4 is 15.9 Å². The molecule has 0 saturated heterocycles. The summed E-state index contributed by atoms with van der Waals surface area (Å²) in [7, 11) is 0. The van der Waals surface area contributed by atoms with Crippen LogP contribution < -0.4 is 4.74 Å². The molecule has 84 valence electrons. The maximum Gasteiger partial charge on any atom is 0.216 e. The zero-order chi connectivity index (χ0) is 11.3. The number of halogens is 1. The van der Waals surface area contributed by atoms with Crippen LogP contribution >= 0.6 is 15.9 Å². The molecule has 0 amide bonds. The van der Waals surface area contributed by atoms with Gasteiger partial charge in [-0.1, -0.05) is 29.8 Å². The van der Waals surface area contributed by atoms with Crippen LogP contribution in [0, 0.1) is 5.92 Å². The third kappa shape index (κ3) is 4.16. The Morgan fingerprint density at radius 1 is 1.40 bits per heavy atom. The quantitative estimate of drug-likeness (QED) is 0.774. The molecule has 1 atom stereocenters. The second kappa shape index (κ2) is 6.05. The molecule has 3 nitrogen and oxygen atoms in total. The molecule has 0 saturated carbocycles. The molecule has 1 heterocycles. The minimum atomic E-state index is 0.446. The molecule has 0 aliphatic rings. The second-order valence-corrected chi connectivity index (χ2v) is 4.92. The van der Waals surface area contributed by atoms with Gasteiger partial charge in [0.15, 0.2) is 0 Å². The van der Waals surface area contributed by atoms with Gasteiger partial charge in [0.1, 0.15) is 6.33 Å². The molecule has 1 aromatic rings. The average Bonchev–Trinajstić information content (AvgIpc) is 2.18. The Morgan fingerprint density at radius 2 is 2.13 bits per heavy atom. The summed E-state index contributed by atoms with van der Waals surface area (Å²) in [6, 6.07) is 1.90. The van der Waals surface area contributed by atoms with Crippen molar-refractivity contribution in [2.24, 2.45) is 5.92 Å². The molecule has 4 heteroatoms. The molecule has 15 heavy (non-hydrogen) atoms. The van der Waals surface area contributed by atoms with E-state index in [2.05, 4.69) is 39.7 Å². The summed E-state index contributed by atoms with van der Waals surface area (Å²) < 4.78 is 5.32. The van der Waals surface area contributed by atoms with Crippen LogP contribution in [-0.4, -0.2) is 21.4 Å². The van der Waals surface area contributed by atoms with Crippen LogP contribution in [0.5, 0.6) is 5.88 Å². The lowest BCUT2D eigenvalue weighted by molar-refractivity contribution is 0.325. The Labute approximate surface area is 99.4 Å². The summed E-state index contributed by atoms with van der Waals surface area (Å²) in [5.41, 5.74) is 1.02. The zero-order valence-electron chi connectivity index (χ0n) is 9.40. The van der Waals surface area contributed by atoms with Crippen LogP contribution in [0.25, 0.3) is 0 Å². The molecule has 0 fully saturated rings. The van der Waals surface area contributed by atoms with E-state index in [1.165, 1.54) is 0 Å². The fraction of sp³-hybridized carbons (Fsp3) is 0.636. The van der Waals surface area contributed by atoms with Crippen LogP contribution in [0.15, 0.2) is 12.4 Å². The van der Waals surface area contributed by atoms with E-state index in [4.69, 9.17) is 4.74 Å². The highest BCUT2D eigenvalue weighted by atomic mass is 79.9. The monoisotopic (exact) mass is 272 g/mol. The number of aromatic nitrogens is 2. The number of rotatable bonds is 5. The van der Waals surface area contributed by atoms with Crippen LogP contribution in [-0.2, 0) is 6.42 Å². The van der Waals surface area contributed by atoms with Gasteiger partial charge in [-0.25, -0.2) is 9.97 Å². The number of hydrogen-bond donors (Lipinski definition) is 0. The lowest BCUT2D eigenvalue weighted by Gasteiger charge is -2.13. The fourth-order valence-electron chi connectivity index (χ4n) is 1.15. The number of hydrogen-bond acceptors (Lipinski definition) is 3. The van der Waals surface area contributed by atoms with E-state index in [0.717, 1.165) is 12.1 Å². The first-order chi connectivity index (χ1) is 7.13. The number of nitrogens with zero attached hydrogens (tertiary/aromatic N) is 2. The standard InChI is InChI=1S/C11H17BrN2O/c1-4-15-11-6-9(13-7-14-11)5-10(12)8(2)3/h6-8,10H,4-5H2,1-3H3. The summed E-state index contributed by atoms with van der Waals surface area (Å²) in [5, 5.41) is 0. The van der Waals surface area contributed by atoms with Crippen molar-refractivity contribution in [3.8, 4) is 5.88 Å². The highest BCUT2D eigenvalue weighted by molar-refractivity contribution is 9.09. The van der Waals surface area contributed by atoms with Crippen LogP contribution in [0.4, 0.5) is 0 Å². The molecule has 1 unspecified atom stereocenters. The molecule has 0 radical (unpaired) electrons. The van der Waals surface area contributed by atoms with Gasteiger partial charge in [-0.3, -0.25) is 0 Å². The van der Waals surface area contributed by atoms with Gasteiger partial charge in [-0.05, 0) is 12.8 Å². The molecule has 0 aliphatic carbocycles. The van der Waals surface area contributed by atoms with E-state index >= 15 is 0 Å². The molecular weight excluding hydrogens is 256 g/mol. The highest BCUT2D eigenvalue weighted by Gasteiger charge is 2.11. The van der Waals surface area contributed by atoms with E-state index in [1.54, 1.807) is 6.33 Å². The van der Waals surface area contributed by atoms with Crippen molar-refractivity contribution in [3.05, 3.63) is 18.1 Å². The van der Waals surface area contributed by atoms with E-state index in [0.29, 0.717) is 23.2 Å². The highest BCUT2D eigenvalue weighted by Crippen LogP contribution is 2.18. The lowest BCUT2D eigenvalue weighted by atomic mass is 10.1. The summed E-state index contributed by atoms with van der Waals surface area (Å²) in [6.07, 6.45) is 2.46. The lowest BCUT2D eigenvalue weighted by Crippen LogP contribution is -2.11. The molecule has 1 aromatic heterocycles. The summed E-state index contributed by atoms with van der Waals surface area (Å²) in [6.45, 7) is 6.95. The van der Waals surface area contributed by atoms with Crippen molar-refractivity contribution in [1.29, 1.82) is 0 Å². The first-order valence-corrected chi connectivity index (χ1v) is 6.12. The minimum Gasteiger partial charge on any atom is -0.478 e. The van der Waals surface area contributed by atoms with Crippen molar-refractivity contribution in [1.82, 2.24) is 9.97 Å². The summed E-state index contributed by atoms with van der Waals surface area (Å²) in [5.74, 6) is 1.25. The van der Waals surface area contributed by atoms with Crippen molar-refractivity contribution in [3.63, 3.8) is 0 Å². The van der Waals surface area contributed by atoms with Crippen LogP contribution in [0.3, 0.4) is 0 Å². The van der Waals surface area contributed by atoms with E-state index in [-0.39, 0.29) is 0 Å². The first kappa shape index (κ1) is 12.4. The minimum absolute atomic E-state index is 0.446. The van der Waals surface area contributed by atoms with E-state index in [1.807, 2.05) is 13.0 Å². The molecule has 1 rings (SSSR count).